The standard InChI is InChI=1S/C28H49N/c1-4-6-8-9-10-12-22-29-28-21-20-27(24(3)23-28)19-18-26-16-14-25(15-17-26)13-11-7-5-2/h20-21,23,25-26,29H,4-19,22H2,1-3H3/t25-,26-. The molecular weight excluding hydrogens is 350 g/mol. The van der Waals surface area contributed by atoms with Gasteiger partial charge in [0, 0.05) is 12.2 Å². The molecule has 1 aromatic rings. The summed E-state index contributed by atoms with van der Waals surface area (Å²) in [6.07, 6.45) is 22.6. The molecule has 1 aliphatic carbocycles. The Morgan fingerprint density at radius 1 is 0.759 bits per heavy atom. The van der Waals surface area contributed by atoms with Crippen molar-refractivity contribution >= 4 is 5.69 Å². The number of unbranched alkanes of at least 4 members (excludes halogenated alkanes) is 7. The summed E-state index contributed by atoms with van der Waals surface area (Å²) < 4.78 is 0. The van der Waals surface area contributed by atoms with Crippen molar-refractivity contribution < 1.29 is 0 Å². The molecule has 1 heteroatoms. The number of nitrogens with one attached hydrogen (secondary N) is 1. The summed E-state index contributed by atoms with van der Waals surface area (Å²) in [5.74, 6) is 2.01. The van der Waals surface area contributed by atoms with E-state index in [9.17, 15) is 0 Å². The lowest BCUT2D eigenvalue weighted by Gasteiger charge is -2.28. The Balaban J connectivity index is 1.61. The van der Waals surface area contributed by atoms with Gasteiger partial charge in [0.1, 0.15) is 0 Å². The molecule has 1 fully saturated rings. The van der Waals surface area contributed by atoms with Crippen LogP contribution in [0, 0.1) is 18.8 Å². The summed E-state index contributed by atoms with van der Waals surface area (Å²) in [6.45, 7) is 8.02. The second-order valence-electron chi connectivity index (χ2n) is 9.76. The van der Waals surface area contributed by atoms with Crippen LogP contribution in [-0.4, -0.2) is 6.54 Å². The fraction of sp³-hybridized carbons (Fsp3) is 0.786. The van der Waals surface area contributed by atoms with Crippen LogP contribution in [0.3, 0.4) is 0 Å². The first-order chi connectivity index (χ1) is 14.2. The molecule has 0 radical (unpaired) electrons. The quantitative estimate of drug-likeness (QED) is 0.290. The molecule has 0 heterocycles. The average Bonchev–Trinajstić information content (AvgIpc) is 2.73. The number of aryl methyl sites for hydroxylation is 2. The van der Waals surface area contributed by atoms with Crippen molar-refractivity contribution in [2.24, 2.45) is 11.8 Å². The predicted octanol–water partition coefficient (Wildman–Crippen LogP) is 9.09. The first kappa shape index (κ1) is 24.3. The molecule has 2 rings (SSSR count). The van der Waals surface area contributed by atoms with E-state index in [1.54, 1.807) is 5.56 Å². The Morgan fingerprint density at radius 2 is 1.38 bits per heavy atom. The van der Waals surface area contributed by atoms with E-state index in [-0.39, 0.29) is 0 Å². The van der Waals surface area contributed by atoms with Crippen molar-refractivity contribution in [3.63, 3.8) is 0 Å². The maximum atomic E-state index is 3.63. The first-order valence-corrected chi connectivity index (χ1v) is 13.1. The van der Waals surface area contributed by atoms with Crippen LogP contribution in [-0.2, 0) is 6.42 Å². The van der Waals surface area contributed by atoms with E-state index in [1.807, 2.05) is 0 Å². The molecule has 0 aliphatic heterocycles. The Labute approximate surface area is 182 Å². The summed E-state index contributed by atoms with van der Waals surface area (Å²) in [6, 6.07) is 7.07. The smallest absolute Gasteiger partial charge is 0.0343 e. The van der Waals surface area contributed by atoms with Crippen LogP contribution in [0.1, 0.15) is 121 Å². The van der Waals surface area contributed by atoms with Crippen LogP contribution >= 0.6 is 0 Å². The van der Waals surface area contributed by atoms with Crippen molar-refractivity contribution in [1.82, 2.24) is 0 Å². The molecule has 1 aromatic carbocycles. The van der Waals surface area contributed by atoms with E-state index in [1.165, 1.54) is 114 Å². The Kier molecular flexibility index (Phi) is 12.5. The van der Waals surface area contributed by atoms with Gasteiger partial charge in [-0.05, 0) is 61.3 Å². The molecule has 0 atom stereocenters. The van der Waals surface area contributed by atoms with E-state index >= 15 is 0 Å². The van der Waals surface area contributed by atoms with Gasteiger partial charge in [0.15, 0.2) is 0 Å². The van der Waals surface area contributed by atoms with Crippen molar-refractivity contribution in [2.75, 3.05) is 11.9 Å². The highest BCUT2D eigenvalue weighted by Crippen LogP contribution is 2.34. The summed E-state index contributed by atoms with van der Waals surface area (Å²) in [4.78, 5) is 0. The average molecular weight is 400 g/mol. The summed E-state index contributed by atoms with van der Waals surface area (Å²) in [5.41, 5.74) is 4.36. The van der Waals surface area contributed by atoms with Crippen molar-refractivity contribution in [3.05, 3.63) is 29.3 Å². The molecule has 1 nitrogen and oxygen atoms in total. The molecule has 0 bridgehead atoms. The van der Waals surface area contributed by atoms with Crippen LogP contribution in [0.4, 0.5) is 5.69 Å². The minimum atomic E-state index is 0.974. The highest BCUT2D eigenvalue weighted by Gasteiger charge is 2.20. The largest absolute Gasteiger partial charge is 0.385 e. The second kappa shape index (κ2) is 14.9. The number of anilines is 1. The lowest BCUT2D eigenvalue weighted by molar-refractivity contribution is 0.249. The van der Waals surface area contributed by atoms with E-state index in [2.05, 4.69) is 44.3 Å². The van der Waals surface area contributed by atoms with Gasteiger partial charge in [-0.3, -0.25) is 0 Å². The van der Waals surface area contributed by atoms with Crippen LogP contribution in [0.5, 0.6) is 0 Å². The van der Waals surface area contributed by atoms with Gasteiger partial charge in [-0.15, -0.1) is 0 Å². The van der Waals surface area contributed by atoms with Crippen molar-refractivity contribution in [3.8, 4) is 0 Å². The molecular formula is C28H49N. The SMILES string of the molecule is CCCCCCCCNc1ccc(CC[C@H]2CC[C@H](CCCCC)CC2)c(C)c1. The Hall–Kier alpha value is -0.980. The minimum Gasteiger partial charge on any atom is -0.385 e. The summed E-state index contributed by atoms with van der Waals surface area (Å²) in [5, 5.41) is 3.63. The molecule has 0 unspecified atom stereocenters. The molecule has 0 aromatic heterocycles. The van der Waals surface area contributed by atoms with Crippen molar-refractivity contribution in [2.45, 2.75) is 124 Å². The number of hydrogen-bond donors (Lipinski definition) is 1. The number of hydrogen-bond acceptors (Lipinski definition) is 1. The molecule has 0 spiro atoms. The third kappa shape index (κ3) is 10.1. The van der Waals surface area contributed by atoms with Gasteiger partial charge in [0.05, 0.1) is 0 Å². The van der Waals surface area contributed by atoms with Gasteiger partial charge >= 0.3 is 0 Å². The zero-order valence-electron chi connectivity index (χ0n) is 19.9. The van der Waals surface area contributed by atoms with E-state index < -0.39 is 0 Å². The molecule has 166 valence electrons. The molecule has 0 amide bonds. The second-order valence-corrected chi connectivity index (χ2v) is 9.76. The third-order valence-electron chi connectivity index (χ3n) is 7.21. The zero-order chi connectivity index (χ0) is 20.7. The number of benzene rings is 1. The lowest BCUT2D eigenvalue weighted by atomic mass is 9.77. The fourth-order valence-corrected chi connectivity index (χ4v) is 5.08. The van der Waals surface area contributed by atoms with Crippen LogP contribution in [0.2, 0.25) is 0 Å². The normalized spacial score (nSPS) is 19.4. The third-order valence-corrected chi connectivity index (χ3v) is 7.21. The van der Waals surface area contributed by atoms with Gasteiger partial charge in [-0.2, -0.15) is 0 Å². The van der Waals surface area contributed by atoms with Gasteiger partial charge in [-0.25, -0.2) is 0 Å². The molecule has 1 saturated carbocycles. The monoisotopic (exact) mass is 399 g/mol. The van der Waals surface area contributed by atoms with E-state index in [0.717, 1.165) is 18.4 Å². The Bertz CT molecular complexity index is 527. The zero-order valence-corrected chi connectivity index (χ0v) is 19.9. The van der Waals surface area contributed by atoms with Gasteiger partial charge in [0.2, 0.25) is 0 Å². The minimum absolute atomic E-state index is 0.974. The summed E-state index contributed by atoms with van der Waals surface area (Å²) in [7, 11) is 0. The fourth-order valence-electron chi connectivity index (χ4n) is 5.08. The number of rotatable bonds is 15. The van der Waals surface area contributed by atoms with Crippen LogP contribution < -0.4 is 5.32 Å². The lowest BCUT2D eigenvalue weighted by Crippen LogP contribution is -2.15. The van der Waals surface area contributed by atoms with Gasteiger partial charge < -0.3 is 5.32 Å². The van der Waals surface area contributed by atoms with Crippen molar-refractivity contribution in [1.29, 1.82) is 0 Å². The first-order valence-electron chi connectivity index (χ1n) is 13.1. The molecule has 1 aliphatic rings. The Morgan fingerprint density at radius 3 is 2.07 bits per heavy atom. The van der Waals surface area contributed by atoms with Gasteiger partial charge in [-0.1, -0.05) is 103 Å². The van der Waals surface area contributed by atoms with E-state index in [0.29, 0.717) is 0 Å². The summed E-state index contributed by atoms with van der Waals surface area (Å²) >= 11 is 0. The van der Waals surface area contributed by atoms with E-state index in [4.69, 9.17) is 0 Å². The maximum absolute atomic E-state index is 3.63. The van der Waals surface area contributed by atoms with Crippen LogP contribution in [0.25, 0.3) is 0 Å². The molecule has 0 saturated heterocycles. The van der Waals surface area contributed by atoms with Crippen LogP contribution in [0.15, 0.2) is 18.2 Å². The highest BCUT2D eigenvalue weighted by atomic mass is 14.9. The predicted molar refractivity (Wildman–Crippen MR) is 131 cm³/mol. The molecule has 1 N–H and O–H groups in total. The maximum Gasteiger partial charge on any atom is 0.0343 e. The topological polar surface area (TPSA) is 12.0 Å². The highest BCUT2D eigenvalue weighted by molar-refractivity contribution is 5.48. The molecule has 29 heavy (non-hydrogen) atoms. The van der Waals surface area contributed by atoms with Gasteiger partial charge in [0.25, 0.3) is 0 Å².